The van der Waals surface area contributed by atoms with Gasteiger partial charge >= 0.3 is 5.97 Å². The van der Waals surface area contributed by atoms with Crippen LogP contribution in [0, 0.1) is 6.92 Å². The molecule has 2 aliphatic heterocycles. The maximum atomic E-state index is 13.5. The molecule has 13 heteroatoms. The van der Waals surface area contributed by atoms with Gasteiger partial charge in [-0.3, -0.25) is 9.59 Å². The second-order valence-corrected chi connectivity index (χ2v) is 13.2. The molecule has 5 rings (SSSR count). The number of hydrogen-bond acceptors (Lipinski definition) is 8. The molecule has 2 aliphatic rings. The number of carbonyl (C=O) groups excluding carboxylic acids is 3. The van der Waals surface area contributed by atoms with Crippen molar-refractivity contribution in [1.82, 2.24) is 15.4 Å². The smallest absolute Gasteiger partial charge is 0.330 e. The fraction of sp³-hybridized carbons (Fsp3) is 0.308. The number of aromatic nitrogens is 1. The van der Waals surface area contributed by atoms with E-state index in [4.69, 9.17) is 32.5 Å². The molecule has 1 aromatic heterocycles. The number of esters is 1. The van der Waals surface area contributed by atoms with Crippen LogP contribution in [0.15, 0.2) is 53.1 Å². The highest BCUT2D eigenvalue weighted by Crippen LogP contribution is 2.46. The SMILES string of the molecule is Cc1onc(-c2c(Cl)cccc2Cl)c1C(=O)N[C@@H]1C(=O)N2[C@@H](C(=O)OCc3ccccc3)C(C)(C)S(=O)(=O)[C@H]12. The van der Waals surface area contributed by atoms with Crippen LogP contribution in [0.25, 0.3) is 11.3 Å². The number of sulfone groups is 1. The van der Waals surface area contributed by atoms with Gasteiger partial charge in [-0.05, 0) is 38.5 Å². The first-order valence-corrected chi connectivity index (χ1v) is 14.2. The Kier molecular flexibility index (Phi) is 6.72. The molecule has 1 N–H and O–H groups in total. The number of fused-ring (bicyclic) bond motifs is 1. The van der Waals surface area contributed by atoms with Gasteiger partial charge in [0, 0.05) is 5.56 Å². The van der Waals surface area contributed by atoms with Crippen molar-refractivity contribution in [3.05, 3.63) is 75.5 Å². The van der Waals surface area contributed by atoms with Gasteiger partial charge in [0.1, 0.15) is 40.5 Å². The maximum Gasteiger partial charge on any atom is 0.330 e. The lowest BCUT2D eigenvalue weighted by Gasteiger charge is -2.43. The van der Waals surface area contributed by atoms with E-state index in [2.05, 4.69) is 10.5 Å². The Balaban J connectivity index is 1.41. The van der Waals surface area contributed by atoms with Gasteiger partial charge < -0.3 is 19.5 Å². The molecule has 2 fully saturated rings. The van der Waals surface area contributed by atoms with Crippen LogP contribution >= 0.6 is 23.2 Å². The van der Waals surface area contributed by atoms with Gasteiger partial charge in [-0.1, -0.05) is 64.8 Å². The molecular weight excluding hydrogens is 569 g/mol. The molecule has 0 unspecified atom stereocenters. The molecular formula is C26H23Cl2N3O7S. The molecule has 0 saturated carbocycles. The Morgan fingerprint density at radius 3 is 2.38 bits per heavy atom. The second kappa shape index (κ2) is 9.65. The van der Waals surface area contributed by atoms with Crippen molar-refractivity contribution in [2.24, 2.45) is 0 Å². The number of hydrogen-bond donors (Lipinski definition) is 1. The topological polar surface area (TPSA) is 136 Å². The second-order valence-electron chi connectivity index (χ2n) is 9.79. The lowest BCUT2D eigenvalue weighted by atomic mass is 9.95. The highest BCUT2D eigenvalue weighted by atomic mass is 35.5. The minimum atomic E-state index is -4.12. The largest absolute Gasteiger partial charge is 0.459 e. The molecule has 204 valence electrons. The van der Waals surface area contributed by atoms with Crippen molar-refractivity contribution >= 4 is 50.8 Å². The summed E-state index contributed by atoms with van der Waals surface area (Å²) in [5, 5.41) is 5.39. The number of nitrogens with one attached hydrogen (secondary N) is 1. The van der Waals surface area contributed by atoms with E-state index in [0.29, 0.717) is 5.56 Å². The van der Waals surface area contributed by atoms with Crippen LogP contribution in [-0.4, -0.2) is 58.5 Å². The van der Waals surface area contributed by atoms with Crippen LogP contribution in [0.3, 0.4) is 0 Å². The molecule has 2 amide bonds. The van der Waals surface area contributed by atoms with Gasteiger partial charge in [0.05, 0.1) is 10.0 Å². The minimum absolute atomic E-state index is 0.0428. The number of ether oxygens (including phenoxy) is 1. The molecule has 0 bridgehead atoms. The zero-order valence-electron chi connectivity index (χ0n) is 21.0. The monoisotopic (exact) mass is 591 g/mol. The molecule has 0 radical (unpaired) electrons. The molecule has 10 nitrogen and oxygen atoms in total. The van der Waals surface area contributed by atoms with Crippen molar-refractivity contribution in [2.75, 3.05) is 0 Å². The van der Waals surface area contributed by atoms with Crippen LogP contribution in [0.4, 0.5) is 0 Å². The summed E-state index contributed by atoms with van der Waals surface area (Å²) in [4.78, 5) is 40.6. The molecule has 2 saturated heterocycles. The van der Waals surface area contributed by atoms with E-state index in [9.17, 15) is 22.8 Å². The van der Waals surface area contributed by atoms with E-state index >= 15 is 0 Å². The minimum Gasteiger partial charge on any atom is -0.459 e. The van der Waals surface area contributed by atoms with E-state index in [1.807, 2.05) is 6.07 Å². The van der Waals surface area contributed by atoms with Gasteiger partial charge in [0.15, 0.2) is 15.2 Å². The molecule has 39 heavy (non-hydrogen) atoms. The van der Waals surface area contributed by atoms with Crippen LogP contribution in [-0.2, 0) is 30.8 Å². The molecule has 3 heterocycles. The van der Waals surface area contributed by atoms with E-state index in [-0.39, 0.29) is 39.2 Å². The summed E-state index contributed by atoms with van der Waals surface area (Å²) < 4.78 is 36.0. The van der Waals surface area contributed by atoms with E-state index in [0.717, 1.165) is 4.90 Å². The first-order chi connectivity index (χ1) is 18.4. The van der Waals surface area contributed by atoms with Gasteiger partial charge in [-0.15, -0.1) is 0 Å². The van der Waals surface area contributed by atoms with Crippen LogP contribution in [0.5, 0.6) is 0 Å². The van der Waals surface area contributed by atoms with Gasteiger partial charge in [0.2, 0.25) is 5.91 Å². The van der Waals surface area contributed by atoms with Gasteiger partial charge in [-0.2, -0.15) is 0 Å². The number of nitrogens with zero attached hydrogens (tertiary/aromatic N) is 2. The summed E-state index contributed by atoms with van der Waals surface area (Å²) in [6.07, 6.45) is 0. The third-order valence-corrected chi connectivity index (χ3v) is 10.5. The summed E-state index contributed by atoms with van der Waals surface area (Å²) in [6.45, 7) is 4.13. The third-order valence-electron chi connectivity index (χ3n) is 7.09. The standard InChI is InChI=1S/C26H23Cl2N3O7S/c1-13-17(19(30-38-13)18-15(27)10-7-11-16(18)28)22(32)29-20-23(33)31-21(26(2,3)39(35,36)24(20)31)25(34)37-12-14-8-5-4-6-9-14/h4-11,20-21,24H,12H2,1-3H3,(H,29,32)/t20-,21+,24-/m1/s1. The number of rotatable bonds is 6. The summed E-state index contributed by atoms with van der Waals surface area (Å²) in [7, 11) is -4.12. The Morgan fingerprint density at radius 1 is 1.10 bits per heavy atom. The number of amides is 2. The molecule has 2 aromatic carbocycles. The number of halogens is 2. The number of aryl methyl sites for hydroxylation is 1. The van der Waals surface area contributed by atoms with Crippen molar-refractivity contribution in [3.8, 4) is 11.3 Å². The number of β-lactam (4-membered cyclic amide) rings is 1. The summed E-state index contributed by atoms with van der Waals surface area (Å²) in [6, 6.07) is 10.8. The third kappa shape index (κ3) is 4.19. The fourth-order valence-corrected chi connectivity index (χ4v) is 7.76. The number of carbonyl (C=O) groups is 3. The average molecular weight is 592 g/mol. The molecule has 3 atom stereocenters. The zero-order valence-corrected chi connectivity index (χ0v) is 23.3. The summed E-state index contributed by atoms with van der Waals surface area (Å²) >= 11 is 12.6. The maximum absolute atomic E-state index is 13.5. The Bertz CT molecular complexity index is 1580. The van der Waals surface area contributed by atoms with Crippen molar-refractivity contribution in [1.29, 1.82) is 0 Å². The van der Waals surface area contributed by atoms with E-state index in [1.54, 1.807) is 42.5 Å². The molecule has 0 aliphatic carbocycles. The quantitative estimate of drug-likeness (QED) is 0.339. The highest BCUT2D eigenvalue weighted by molar-refractivity contribution is 7.94. The van der Waals surface area contributed by atoms with Gasteiger partial charge in [-0.25, -0.2) is 13.2 Å². The zero-order chi connectivity index (χ0) is 28.3. The lowest BCUT2D eigenvalue weighted by molar-refractivity contribution is -0.164. The predicted octanol–water partition coefficient (Wildman–Crippen LogP) is 3.54. The van der Waals surface area contributed by atoms with Crippen molar-refractivity contribution < 1.29 is 32.1 Å². The predicted molar refractivity (Wildman–Crippen MR) is 142 cm³/mol. The van der Waals surface area contributed by atoms with Crippen molar-refractivity contribution in [2.45, 2.75) is 49.6 Å². The molecule has 0 spiro atoms. The van der Waals surface area contributed by atoms with Crippen LogP contribution < -0.4 is 5.32 Å². The van der Waals surface area contributed by atoms with E-state index in [1.165, 1.54) is 20.8 Å². The lowest BCUT2D eigenvalue weighted by Crippen LogP contribution is -2.72. The Hall–Kier alpha value is -3.41. The fourth-order valence-electron chi connectivity index (χ4n) is 4.98. The van der Waals surface area contributed by atoms with Crippen LogP contribution in [0.1, 0.15) is 35.5 Å². The number of benzene rings is 2. The first-order valence-electron chi connectivity index (χ1n) is 11.9. The van der Waals surface area contributed by atoms with E-state index < -0.39 is 49.8 Å². The van der Waals surface area contributed by atoms with Crippen LogP contribution in [0.2, 0.25) is 10.0 Å². The molecule has 3 aromatic rings. The van der Waals surface area contributed by atoms with Crippen molar-refractivity contribution in [3.63, 3.8) is 0 Å². The normalized spacial score (nSPS) is 22.6. The summed E-state index contributed by atoms with van der Waals surface area (Å²) in [5.74, 6) is -2.27. The highest BCUT2D eigenvalue weighted by Gasteiger charge is 2.72. The van der Waals surface area contributed by atoms with Gasteiger partial charge in [0.25, 0.3) is 5.91 Å². The Labute approximate surface area is 234 Å². The summed E-state index contributed by atoms with van der Waals surface area (Å²) in [5.41, 5.74) is 0.950. The Morgan fingerprint density at radius 2 is 1.74 bits per heavy atom. The average Bonchev–Trinajstić information content (AvgIpc) is 3.32. The first kappa shape index (κ1) is 27.2.